The molecule has 20 heavy (non-hydrogen) atoms. The summed E-state index contributed by atoms with van der Waals surface area (Å²) in [6, 6.07) is 13.4. The quantitative estimate of drug-likeness (QED) is 0.905. The average Bonchev–Trinajstić information content (AvgIpc) is 3.01. The predicted octanol–water partition coefficient (Wildman–Crippen LogP) is 3.03. The summed E-state index contributed by atoms with van der Waals surface area (Å²) in [4.78, 5) is 2.55. The molecule has 106 valence electrons. The third-order valence-corrected chi connectivity index (χ3v) is 4.01. The first-order chi connectivity index (χ1) is 9.90. The molecule has 3 nitrogen and oxygen atoms in total. The van der Waals surface area contributed by atoms with Crippen LogP contribution >= 0.6 is 0 Å². The summed E-state index contributed by atoms with van der Waals surface area (Å²) < 4.78 is 5.09. The van der Waals surface area contributed by atoms with Crippen LogP contribution in [0.3, 0.4) is 0 Å². The van der Waals surface area contributed by atoms with Crippen LogP contribution < -0.4 is 5.32 Å². The molecule has 1 saturated heterocycles. The molecule has 1 fully saturated rings. The summed E-state index contributed by atoms with van der Waals surface area (Å²) >= 11 is 0. The van der Waals surface area contributed by atoms with Crippen LogP contribution in [0.15, 0.2) is 53.3 Å². The van der Waals surface area contributed by atoms with Gasteiger partial charge in [0.25, 0.3) is 0 Å². The van der Waals surface area contributed by atoms with E-state index < -0.39 is 0 Å². The van der Waals surface area contributed by atoms with E-state index in [9.17, 15) is 0 Å². The lowest BCUT2D eigenvalue weighted by molar-refractivity contribution is 0.190. The topological polar surface area (TPSA) is 28.4 Å². The number of likely N-dealkylation sites (tertiary alicyclic amines) is 1. The lowest BCUT2D eigenvalue weighted by atomic mass is 10.0. The molecular formula is C17H22N2O. The molecule has 0 radical (unpaired) electrons. The van der Waals surface area contributed by atoms with Gasteiger partial charge >= 0.3 is 0 Å². The number of piperidine rings is 1. The molecule has 0 amide bonds. The summed E-state index contributed by atoms with van der Waals surface area (Å²) in [5, 5.41) is 3.62. The molecule has 2 heterocycles. The van der Waals surface area contributed by atoms with Crippen molar-refractivity contribution in [3.05, 3.63) is 60.1 Å². The molecule has 1 aliphatic heterocycles. The second-order valence-electron chi connectivity index (χ2n) is 5.55. The van der Waals surface area contributed by atoms with Crippen molar-refractivity contribution >= 4 is 0 Å². The molecule has 1 aromatic heterocycles. The van der Waals surface area contributed by atoms with Crippen LogP contribution in [-0.2, 0) is 13.1 Å². The van der Waals surface area contributed by atoms with Gasteiger partial charge in [-0.2, -0.15) is 0 Å². The summed E-state index contributed by atoms with van der Waals surface area (Å²) in [6.45, 7) is 4.35. The van der Waals surface area contributed by atoms with Gasteiger partial charge in [-0.3, -0.25) is 4.90 Å². The molecule has 3 heteroatoms. The van der Waals surface area contributed by atoms with Crippen molar-refractivity contribution < 1.29 is 4.42 Å². The number of nitrogens with one attached hydrogen (secondary N) is 1. The van der Waals surface area contributed by atoms with Crippen LogP contribution in [0.1, 0.15) is 24.0 Å². The van der Waals surface area contributed by atoms with Crippen LogP contribution in [0.4, 0.5) is 0 Å². The summed E-state index contributed by atoms with van der Waals surface area (Å²) in [5.41, 5.74) is 2.65. The first kappa shape index (κ1) is 13.4. The standard InChI is InChI=1S/C17H22N2O/c1-2-4-15(5-3-1)13-19-9-6-17(7-10-19)18-12-16-8-11-20-14-16/h1-5,8,11,14,17-18H,6-7,9-10,12-13H2. The van der Waals surface area contributed by atoms with Gasteiger partial charge in [-0.15, -0.1) is 0 Å². The van der Waals surface area contributed by atoms with Crippen molar-refractivity contribution in [2.24, 2.45) is 0 Å². The third kappa shape index (κ3) is 3.71. The smallest absolute Gasteiger partial charge is 0.0947 e. The Labute approximate surface area is 120 Å². The molecule has 1 aliphatic rings. The Morgan fingerprint density at radius 2 is 1.85 bits per heavy atom. The van der Waals surface area contributed by atoms with Gasteiger partial charge in [0.05, 0.1) is 12.5 Å². The second-order valence-corrected chi connectivity index (χ2v) is 5.55. The number of rotatable bonds is 5. The number of hydrogen-bond donors (Lipinski definition) is 1. The summed E-state index contributed by atoms with van der Waals surface area (Å²) in [7, 11) is 0. The minimum atomic E-state index is 0.636. The van der Waals surface area contributed by atoms with Gasteiger partial charge in [0, 0.05) is 24.7 Å². The fourth-order valence-electron chi connectivity index (χ4n) is 2.79. The highest BCUT2D eigenvalue weighted by atomic mass is 16.3. The Morgan fingerprint density at radius 3 is 2.55 bits per heavy atom. The second kappa shape index (κ2) is 6.73. The molecule has 0 atom stereocenters. The van der Waals surface area contributed by atoms with E-state index in [0.29, 0.717) is 6.04 Å². The normalized spacial score (nSPS) is 17.4. The fraction of sp³-hybridized carbons (Fsp3) is 0.412. The number of benzene rings is 1. The van der Waals surface area contributed by atoms with E-state index in [-0.39, 0.29) is 0 Å². The molecule has 3 rings (SSSR count). The van der Waals surface area contributed by atoms with Crippen molar-refractivity contribution in [3.63, 3.8) is 0 Å². The zero-order chi connectivity index (χ0) is 13.6. The van der Waals surface area contributed by atoms with E-state index in [1.165, 1.54) is 37.1 Å². The molecule has 0 spiro atoms. The maximum Gasteiger partial charge on any atom is 0.0947 e. The molecule has 0 unspecified atom stereocenters. The summed E-state index contributed by atoms with van der Waals surface area (Å²) in [6.07, 6.45) is 6.01. The lowest BCUT2D eigenvalue weighted by Crippen LogP contribution is -2.41. The Balaban J connectivity index is 1.40. The largest absolute Gasteiger partial charge is 0.472 e. The van der Waals surface area contributed by atoms with Crippen LogP contribution in [0.2, 0.25) is 0 Å². The minimum absolute atomic E-state index is 0.636. The van der Waals surface area contributed by atoms with Crippen molar-refractivity contribution in [3.8, 4) is 0 Å². The van der Waals surface area contributed by atoms with Crippen molar-refractivity contribution in [2.75, 3.05) is 13.1 Å². The Morgan fingerprint density at radius 1 is 1.05 bits per heavy atom. The molecule has 0 bridgehead atoms. The molecule has 2 aromatic rings. The monoisotopic (exact) mass is 270 g/mol. The van der Waals surface area contributed by atoms with Crippen LogP contribution in [-0.4, -0.2) is 24.0 Å². The minimum Gasteiger partial charge on any atom is -0.472 e. The van der Waals surface area contributed by atoms with Crippen molar-refractivity contribution in [1.82, 2.24) is 10.2 Å². The van der Waals surface area contributed by atoms with E-state index in [1.807, 2.05) is 12.3 Å². The van der Waals surface area contributed by atoms with Gasteiger partial charge < -0.3 is 9.73 Å². The van der Waals surface area contributed by atoms with E-state index in [0.717, 1.165) is 13.1 Å². The summed E-state index contributed by atoms with van der Waals surface area (Å²) in [5.74, 6) is 0. The van der Waals surface area contributed by atoms with Crippen LogP contribution in [0.5, 0.6) is 0 Å². The molecule has 1 N–H and O–H groups in total. The van der Waals surface area contributed by atoms with Crippen LogP contribution in [0.25, 0.3) is 0 Å². The Hall–Kier alpha value is -1.58. The van der Waals surface area contributed by atoms with E-state index in [1.54, 1.807) is 6.26 Å². The van der Waals surface area contributed by atoms with Gasteiger partial charge in [-0.05, 0) is 37.6 Å². The van der Waals surface area contributed by atoms with E-state index in [2.05, 4.69) is 40.5 Å². The number of furan rings is 1. The Kier molecular flexibility index (Phi) is 4.51. The van der Waals surface area contributed by atoms with Crippen molar-refractivity contribution in [1.29, 1.82) is 0 Å². The molecular weight excluding hydrogens is 248 g/mol. The lowest BCUT2D eigenvalue weighted by Gasteiger charge is -2.32. The highest BCUT2D eigenvalue weighted by Gasteiger charge is 2.18. The average molecular weight is 270 g/mol. The maximum atomic E-state index is 5.09. The van der Waals surface area contributed by atoms with Gasteiger partial charge in [0.1, 0.15) is 0 Å². The van der Waals surface area contributed by atoms with E-state index >= 15 is 0 Å². The molecule has 1 aromatic carbocycles. The molecule has 0 aliphatic carbocycles. The van der Waals surface area contributed by atoms with Gasteiger partial charge in [-0.25, -0.2) is 0 Å². The Bertz CT molecular complexity index is 487. The first-order valence-electron chi connectivity index (χ1n) is 7.41. The first-order valence-corrected chi connectivity index (χ1v) is 7.41. The fourth-order valence-corrected chi connectivity index (χ4v) is 2.79. The number of hydrogen-bond acceptors (Lipinski definition) is 3. The highest BCUT2D eigenvalue weighted by molar-refractivity contribution is 5.14. The van der Waals surface area contributed by atoms with E-state index in [4.69, 9.17) is 4.42 Å². The predicted molar refractivity (Wildman–Crippen MR) is 80.3 cm³/mol. The van der Waals surface area contributed by atoms with Crippen LogP contribution in [0, 0.1) is 0 Å². The van der Waals surface area contributed by atoms with Gasteiger partial charge in [0.15, 0.2) is 0 Å². The maximum absolute atomic E-state index is 5.09. The molecule has 0 saturated carbocycles. The zero-order valence-corrected chi connectivity index (χ0v) is 11.8. The van der Waals surface area contributed by atoms with Crippen molar-refractivity contribution in [2.45, 2.75) is 32.0 Å². The third-order valence-electron chi connectivity index (χ3n) is 4.01. The van der Waals surface area contributed by atoms with Gasteiger partial charge in [-0.1, -0.05) is 30.3 Å². The SMILES string of the molecule is c1ccc(CN2CCC(NCc3ccoc3)CC2)cc1. The highest BCUT2D eigenvalue weighted by Crippen LogP contribution is 2.14. The number of nitrogens with zero attached hydrogens (tertiary/aromatic N) is 1. The van der Waals surface area contributed by atoms with Gasteiger partial charge in [0.2, 0.25) is 0 Å². The zero-order valence-electron chi connectivity index (χ0n) is 11.8.